The summed E-state index contributed by atoms with van der Waals surface area (Å²) in [7, 11) is 2.06. The molecule has 29 heavy (non-hydrogen) atoms. The number of hydrogen-bond donors (Lipinski definition) is 0. The van der Waals surface area contributed by atoms with Crippen molar-refractivity contribution in [3.63, 3.8) is 0 Å². The molecule has 0 saturated carbocycles. The van der Waals surface area contributed by atoms with Crippen LogP contribution in [0.3, 0.4) is 0 Å². The van der Waals surface area contributed by atoms with Gasteiger partial charge in [-0.25, -0.2) is 0 Å². The molecule has 2 aliphatic heterocycles. The second-order valence-corrected chi connectivity index (χ2v) is 7.91. The molecule has 0 aromatic heterocycles. The van der Waals surface area contributed by atoms with Gasteiger partial charge in [-0.2, -0.15) is 0 Å². The van der Waals surface area contributed by atoms with Gasteiger partial charge in [0.25, 0.3) is 5.91 Å². The minimum absolute atomic E-state index is 0.0406. The lowest BCUT2D eigenvalue weighted by atomic mass is 10.0. The average molecular weight is 391 g/mol. The van der Waals surface area contributed by atoms with E-state index in [9.17, 15) is 14.4 Å². The van der Waals surface area contributed by atoms with Crippen molar-refractivity contribution in [1.29, 1.82) is 0 Å². The minimum atomic E-state index is -0.318. The molecule has 2 saturated heterocycles. The van der Waals surface area contributed by atoms with E-state index in [-0.39, 0.29) is 36.1 Å². The van der Waals surface area contributed by atoms with Crippen molar-refractivity contribution in [2.24, 2.45) is 5.92 Å². The van der Waals surface area contributed by atoms with Crippen LogP contribution >= 0.6 is 0 Å². The second kappa shape index (κ2) is 7.79. The highest BCUT2D eigenvalue weighted by Gasteiger charge is 2.37. The van der Waals surface area contributed by atoms with Crippen molar-refractivity contribution in [3.05, 3.63) is 65.7 Å². The van der Waals surface area contributed by atoms with Gasteiger partial charge in [-0.15, -0.1) is 0 Å². The zero-order chi connectivity index (χ0) is 20.5. The van der Waals surface area contributed by atoms with E-state index in [0.29, 0.717) is 17.8 Å². The first-order valence-corrected chi connectivity index (χ1v) is 9.97. The van der Waals surface area contributed by atoms with Crippen molar-refractivity contribution in [1.82, 2.24) is 9.80 Å². The Bertz CT molecular complexity index is 943. The molecule has 2 heterocycles. The fraction of sp³-hybridized carbons (Fsp3) is 0.348. The normalized spacial score (nSPS) is 23.0. The van der Waals surface area contributed by atoms with Gasteiger partial charge in [0.1, 0.15) is 0 Å². The smallest absolute Gasteiger partial charge is 0.254 e. The van der Waals surface area contributed by atoms with Crippen molar-refractivity contribution in [2.75, 3.05) is 31.6 Å². The predicted octanol–water partition coefficient (Wildman–Crippen LogP) is 2.71. The summed E-state index contributed by atoms with van der Waals surface area (Å²) in [6, 6.07) is 16.9. The first-order valence-electron chi connectivity index (χ1n) is 9.97. The van der Waals surface area contributed by atoms with E-state index >= 15 is 0 Å². The van der Waals surface area contributed by atoms with E-state index < -0.39 is 0 Å². The molecule has 2 aliphatic rings. The van der Waals surface area contributed by atoms with Gasteiger partial charge in [-0.1, -0.05) is 43.3 Å². The molecule has 2 aromatic rings. The summed E-state index contributed by atoms with van der Waals surface area (Å²) < 4.78 is 0. The van der Waals surface area contributed by atoms with Gasteiger partial charge < -0.3 is 9.80 Å². The molecule has 0 spiro atoms. The van der Waals surface area contributed by atoms with Crippen LogP contribution in [-0.4, -0.2) is 54.2 Å². The summed E-state index contributed by atoms with van der Waals surface area (Å²) in [6.07, 6.45) is 0.214. The van der Waals surface area contributed by atoms with Crippen molar-refractivity contribution in [3.8, 4) is 0 Å². The standard InChI is InChI=1S/C23H25N3O3/c1-16-13-21(27)26(22(16)28)19-10-6-9-18(14-19)23(29)25-12-11-24(2)15-20(25)17-7-4-3-5-8-17/h3-10,14,16,20H,11-13,15H2,1-2H3/t16-,20-/m0/s1. The molecular formula is C23H25N3O3. The number of likely N-dealkylation sites (N-methyl/N-ethyl adjacent to an activating group) is 1. The molecule has 6 nitrogen and oxygen atoms in total. The quantitative estimate of drug-likeness (QED) is 0.755. The molecule has 2 aromatic carbocycles. The summed E-state index contributed by atoms with van der Waals surface area (Å²) in [5.74, 6) is -0.821. The molecule has 4 rings (SSSR count). The van der Waals surface area contributed by atoms with Crippen LogP contribution in [0.2, 0.25) is 0 Å². The number of benzene rings is 2. The lowest BCUT2D eigenvalue weighted by Crippen LogP contribution is -2.49. The van der Waals surface area contributed by atoms with E-state index in [0.717, 1.165) is 18.7 Å². The zero-order valence-electron chi connectivity index (χ0n) is 16.7. The van der Waals surface area contributed by atoms with Crippen LogP contribution in [0.5, 0.6) is 0 Å². The van der Waals surface area contributed by atoms with Gasteiger partial charge in [0, 0.05) is 37.5 Å². The third-order valence-electron chi connectivity index (χ3n) is 5.75. The summed E-state index contributed by atoms with van der Waals surface area (Å²) in [5.41, 5.74) is 2.07. The zero-order valence-corrected chi connectivity index (χ0v) is 16.7. The number of hydrogen-bond acceptors (Lipinski definition) is 4. The first-order chi connectivity index (χ1) is 14.0. The van der Waals surface area contributed by atoms with Gasteiger partial charge in [-0.05, 0) is 30.8 Å². The fourth-order valence-corrected chi connectivity index (χ4v) is 4.12. The van der Waals surface area contributed by atoms with Crippen LogP contribution in [0, 0.1) is 5.92 Å². The van der Waals surface area contributed by atoms with Crippen LogP contribution in [0.4, 0.5) is 5.69 Å². The number of anilines is 1. The Morgan fingerprint density at radius 3 is 2.45 bits per heavy atom. The highest BCUT2D eigenvalue weighted by molar-refractivity contribution is 6.21. The molecule has 0 bridgehead atoms. The van der Waals surface area contributed by atoms with E-state index in [1.807, 2.05) is 35.2 Å². The Hall–Kier alpha value is -2.99. The average Bonchev–Trinajstić information content (AvgIpc) is 2.99. The molecular weight excluding hydrogens is 366 g/mol. The summed E-state index contributed by atoms with van der Waals surface area (Å²) in [6.45, 7) is 3.94. The maximum absolute atomic E-state index is 13.4. The highest BCUT2D eigenvalue weighted by atomic mass is 16.2. The molecule has 0 N–H and O–H groups in total. The molecule has 0 radical (unpaired) electrons. The number of amides is 3. The maximum Gasteiger partial charge on any atom is 0.254 e. The van der Waals surface area contributed by atoms with Gasteiger partial charge in [0.2, 0.25) is 11.8 Å². The molecule has 0 aliphatic carbocycles. The van der Waals surface area contributed by atoms with Crippen molar-refractivity contribution < 1.29 is 14.4 Å². The predicted molar refractivity (Wildman–Crippen MR) is 110 cm³/mol. The molecule has 3 amide bonds. The topological polar surface area (TPSA) is 60.9 Å². The fourth-order valence-electron chi connectivity index (χ4n) is 4.12. The van der Waals surface area contributed by atoms with Crippen LogP contribution in [-0.2, 0) is 9.59 Å². The van der Waals surface area contributed by atoms with Gasteiger partial charge >= 0.3 is 0 Å². The molecule has 2 fully saturated rings. The third-order valence-corrected chi connectivity index (χ3v) is 5.75. The first kappa shape index (κ1) is 19.3. The summed E-state index contributed by atoms with van der Waals surface area (Å²) in [5, 5.41) is 0. The Kier molecular flexibility index (Phi) is 5.20. The van der Waals surface area contributed by atoms with Crippen LogP contribution in [0.25, 0.3) is 0 Å². The van der Waals surface area contributed by atoms with Crippen LogP contribution in [0.1, 0.15) is 35.3 Å². The van der Waals surface area contributed by atoms with E-state index in [2.05, 4.69) is 11.9 Å². The lowest BCUT2D eigenvalue weighted by molar-refractivity contribution is -0.122. The Morgan fingerprint density at radius 1 is 1.00 bits per heavy atom. The molecule has 2 atom stereocenters. The highest BCUT2D eigenvalue weighted by Crippen LogP contribution is 2.30. The molecule has 0 unspecified atom stereocenters. The largest absolute Gasteiger partial charge is 0.329 e. The van der Waals surface area contributed by atoms with Gasteiger partial charge in [0.05, 0.1) is 11.7 Å². The summed E-state index contributed by atoms with van der Waals surface area (Å²) in [4.78, 5) is 43.4. The van der Waals surface area contributed by atoms with Crippen LogP contribution < -0.4 is 4.90 Å². The number of carbonyl (C=O) groups excluding carboxylic acids is 3. The number of carbonyl (C=O) groups is 3. The molecule has 6 heteroatoms. The SMILES string of the molecule is C[C@H]1CC(=O)N(c2cccc(C(=O)N3CCN(C)C[C@H]3c3ccccc3)c2)C1=O. The summed E-state index contributed by atoms with van der Waals surface area (Å²) >= 11 is 0. The lowest BCUT2D eigenvalue weighted by Gasteiger charge is -2.40. The van der Waals surface area contributed by atoms with Crippen LogP contribution in [0.15, 0.2) is 54.6 Å². The Morgan fingerprint density at radius 2 is 1.76 bits per heavy atom. The number of imide groups is 1. The molecule has 150 valence electrons. The van der Waals surface area contributed by atoms with Gasteiger partial charge in [0.15, 0.2) is 0 Å². The number of nitrogens with zero attached hydrogens (tertiary/aromatic N) is 3. The van der Waals surface area contributed by atoms with E-state index in [1.54, 1.807) is 31.2 Å². The Balaban J connectivity index is 1.63. The Labute approximate surface area is 170 Å². The van der Waals surface area contributed by atoms with E-state index in [1.165, 1.54) is 4.90 Å². The van der Waals surface area contributed by atoms with E-state index in [4.69, 9.17) is 0 Å². The van der Waals surface area contributed by atoms with Crippen molar-refractivity contribution >= 4 is 23.4 Å². The minimum Gasteiger partial charge on any atom is -0.329 e. The monoisotopic (exact) mass is 391 g/mol. The second-order valence-electron chi connectivity index (χ2n) is 7.91. The maximum atomic E-state index is 13.4. The number of rotatable bonds is 3. The number of piperazine rings is 1. The van der Waals surface area contributed by atoms with Gasteiger partial charge in [-0.3, -0.25) is 19.3 Å². The third kappa shape index (κ3) is 3.68. The van der Waals surface area contributed by atoms with Crippen molar-refractivity contribution in [2.45, 2.75) is 19.4 Å².